The van der Waals surface area contributed by atoms with Gasteiger partial charge in [0.2, 0.25) is 0 Å². The van der Waals surface area contributed by atoms with Gasteiger partial charge in [-0.3, -0.25) is 4.98 Å². The van der Waals surface area contributed by atoms with E-state index in [4.69, 9.17) is 0 Å². The van der Waals surface area contributed by atoms with Gasteiger partial charge in [0.05, 0.1) is 11.4 Å². The molecule has 0 aromatic carbocycles. The second-order valence-corrected chi connectivity index (χ2v) is 4.27. The Morgan fingerprint density at radius 2 is 2.07 bits per heavy atom. The molecule has 1 unspecified atom stereocenters. The molecular weight excluding hydrogens is 184 g/mol. The Balaban J connectivity index is 2.56. The van der Waals surface area contributed by atoms with Gasteiger partial charge in [0, 0.05) is 11.7 Å². The average Bonchev–Trinajstić information content (AvgIpc) is 2.19. The lowest BCUT2D eigenvalue weighted by Crippen LogP contribution is -2.16. The van der Waals surface area contributed by atoms with Crippen molar-refractivity contribution in [2.24, 2.45) is 0 Å². The Morgan fingerprint density at radius 3 is 2.67 bits per heavy atom. The van der Waals surface area contributed by atoms with Crippen molar-refractivity contribution in [2.45, 2.75) is 53.0 Å². The van der Waals surface area contributed by atoms with Gasteiger partial charge in [0.25, 0.3) is 0 Å². The summed E-state index contributed by atoms with van der Waals surface area (Å²) in [6.07, 6.45) is 3.77. The van der Waals surface area contributed by atoms with E-state index in [9.17, 15) is 0 Å². The fourth-order valence-corrected chi connectivity index (χ4v) is 1.69. The van der Waals surface area contributed by atoms with Crippen molar-refractivity contribution < 1.29 is 0 Å². The zero-order valence-corrected chi connectivity index (χ0v) is 10.3. The molecule has 1 atom stereocenters. The van der Waals surface area contributed by atoms with Crippen molar-refractivity contribution in [3.63, 3.8) is 0 Å². The van der Waals surface area contributed by atoms with Crippen LogP contribution >= 0.6 is 0 Å². The standard InChI is InChI=1S/C13H22N2/c1-5-6-7-10(2)15-13-9-8-11(3)14-12(13)4/h8-10,15H,5-7H2,1-4H3. The van der Waals surface area contributed by atoms with E-state index < -0.39 is 0 Å². The van der Waals surface area contributed by atoms with Crippen LogP contribution in [0.1, 0.15) is 44.5 Å². The van der Waals surface area contributed by atoms with E-state index in [2.05, 4.69) is 43.2 Å². The molecule has 15 heavy (non-hydrogen) atoms. The van der Waals surface area contributed by atoms with E-state index in [1.54, 1.807) is 0 Å². The first-order chi connectivity index (χ1) is 7.13. The maximum Gasteiger partial charge on any atom is 0.0606 e. The molecule has 1 rings (SSSR count). The van der Waals surface area contributed by atoms with Crippen LogP contribution in [-0.4, -0.2) is 11.0 Å². The van der Waals surface area contributed by atoms with Crippen LogP contribution in [0, 0.1) is 13.8 Å². The third-order valence-electron chi connectivity index (χ3n) is 2.62. The lowest BCUT2D eigenvalue weighted by atomic mass is 10.1. The highest BCUT2D eigenvalue weighted by atomic mass is 14.9. The predicted octanol–water partition coefficient (Wildman–Crippen LogP) is 3.69. The highest BCUT2D eigenvalue weighted by Crippen LogP contribution is 2.15. The smallest absolute Gasteiger partial charge is 0.0606 e. The van der Waals surface area contributed by atoms with Crippen LogP contribution in [0.15, 0.2) is 12.1 Å². The highest BCUT2D eigenvalue weighted by molar-refractivity contribution is 5.48. The maximum absolute atomic E-state index is 4.44. The van der Waals surface area contributed by atoms with E-state index in [0.29, 0.717) is 6.04 Å². The Kier molecular flexibility index (Phi) is 4.60. The molecule has 0 aliphatic heterocycles. The minimum absolute atomic E-state index is 0.535. The van der Waals surface area contributed by atoms with Gasteiger partial charge in [-0.1, -0.05) is 19.8 Å². The molecule has 1 heterocycles. The second-order valence-electron chi connectivity index (χ2n) is 4.27. The average molecular weight is 206 g/mol. The number of hydrogen-bond acceptors (Lipinski definition) is 2. The molecule has 0 bridgehead atoms. The van der Waals surface area contributed by atoms with Crippen molar-refractivity contribution in [1.29, 1.82) is 0 Å². The summed E-state index contributed by atoms with van der Waals surface area (Å²) >= 11 is 0. The van der Waals surface area contributed by atoms with Crippen LogP contribution in [0.3, 0.4) is 0 Å². The van der Waals surface area contributed by atoms with Gasteiger partial charge in [0.1, 0.15) is 0 Å². The van der Waals surface area contributed by atoms with Crippen LogP contribution in [0.25, 0.3) is 0 Å². The molecular formula is C13H22N2. The summed E-state index contributed by atoms with van der Waals surface area (Å²) in [4.78, 5) is 4.44. The molecule has 1 aromatic heterocycles. The predicted molar refractivity (Wildman–Crippen MR) is 66.3 cm³/mol. The van der Waals surface area contributed by atoms with Crippen molar-refractivity contribution in [3.05, 3.63) is 23.5 Å². The molecule has 0 aliphatic carbocycles. The molecule has 84 valence electrons. The van der Waals surface area contributed by atoms with Gasteiger partial charge < -0.3 is 5.32 Å². The molecule has 0 fully saturated rings. The van der Waals surface area contributed by atoms with Crippen molar-refractivity contribution in [2.75, 3.05) is 5.32 Å². The number of aromatic nitrogens is 1. The third kappa shape index (κ3) is 3.90. The molecule has 1 aromatic rings. The quantitative estimate of drug-likeness (QED) is 0.794. The molecule has 2 heteroatoms. The summed E-state index contributed by atoms with van der Waals surface area (Å²) in [5.74, 6) is 0. The number of nitrogens with one attached hydrogen (secondary N) is 1. The van der Waals surface area contributed by atoms with Crippen LogP contribution in [0.4, 0.5) is 5.69 Å². The molecule has 0 saturated carbocycles. The van der Waals surface area contributed by atoms with E-state index in [0.717, 1.165) is 11.4 Å². The number of nitrogens with zero attached hydrogens (tertiary/aromatic N) is 1. The number of hydrogen-bond donors (Lipinski definition) is 1. The zero-order valence-electron chi connectivity index (χ0n) is 10.3. The first-order valence-corrected chi connectivity index (χ1v) is 5.84. The Labute approximate surface area is 93.1 Å². The van der Waals surface area contributed by atoms with E-state index in [1.165, 1.54) is 24.9 Å². The van der Waals surface area contributed by atoms with Crippen LogP contribution in [0.2, 0.25) is 0 Å². The van der Waals surface area contributed by atoms with Crippen molar-refractivity contribution in [3.8, 4) is 0 Å². The van der Waals surface area contributed by atoms with Gasteiger partial charge in [-0.05, 0) is 39.3 Å². The van der Waals surface area contributed by atoms with E-state index in [1.807, 2.05) is 6.92 Å². The molecule has 1 N–H and O–H groups in total. The van der Waals surface area contributed by atoms with Gasteiger partial charge in [-0.25, -0.2) is 0 Å². The van der Waals surface area contributed by atoms with Gasteiger partial charge in [-0.2, -0.15) is 0 Å². The molecule has 0 spiro atoms. The topological polar surface area (TPSA) is 24.9 Å². The summed E-state index contributed by atoms with van der Waals surface area (Å²) in [6, 6.07) is 4.72. The number of anilines is 1. The molecule has 0 radical (unpaired) electrons. The monoisotopic (exact) mass is 206 g/mol. The highest BCUT2D eigenvalue weighted by Gasteiger charge is 2.04. The van der Waals surface area contributed by atoms with E-state index >= 15 is 0 Å². The third-order valence-corrected chi connectivity index (χ3v) is 2.62. The molecule has 0 aliphatic rings. The molecule has 0 saturated heterocycles. The number of unbranched alkanes of at least 4 members (excludes halogenated alkanes) is 1. The first kappa shape index (κ1) is 12.0. The summed E-state index contributed by atoms with van der Waals surface area (Å²) < 4.78 is 0. The van der Waals surface area contributed by atoms with Crippen LogP contribution < -0.4 is 5.32 Å². The Morgan fingerprint density at radius 1 is 1.33 bits per heavy atom. The van der Waals surface area contributed by atoms with Gasteiger partial charge in [-0.15, -0.1) is 0 Å². The molecule has 0 amide bonds. The van der Waals surface area contributed by atoms with Gasteiger partial charge in [0.15, 0.2) is 0 Å². The number of rotatable bonds is 5. The van der Waals surface area contributed by atoms with Crippen LogP contribution in [0.5, 0.6) is 0 Å². The fourth-order valence-electron chi connectivity index (χ4n) is 1.69. The summed E-state index contributed by atoms with van der Waals surface area (Å²) in [7, 11) is 0. The van der Waals surface area contributed by atoms with Gasteiger partial charge >= 0.3 is 0 Å². The maximum atomic E-state index is 4.44. The normalized spacial score (nSPS) is 12.5. The Bertz CT molecular complexity index is 307. The fraction of sp³-hybridized carbons (Fsp3) is 0.615. The summed E-state index contributed by atoms with van der Waals surface area (Å²) in [6.45, 7) is 8.54. The first-order valence-electron chi connectivity index (χ1n) is 5.84. The minimum Gasteiger partial charge on any atom is -0.381 e. The van der Waals surface area contributed by atoms with Crippen molar-refractivity contribution in [1.82, 2.24) is 4.98 Å². The van der Waals surface area contributed by atoms with Crippen LogP contribution in [-0.2, 0) is 0 Å². The molecule has 2 nitrogen and oxygen atoms in total. The van der Waals surface area contributed by atoms with Crippen molar-refractivity contribution >= 4 is 5.69 Å². The lowest BCUT2D eigenvalue weighted by molar-refractivity contribution is 0.644. The summed E-state index contributed by atoms with van der Waals surface area (Å²) in [5.41, 5.74) is 3.35. The lowest BCUT2D eigenvalue weighted by Gasteiger charge is -2.16. The SMILES string of the molecule is CCCCC(C)Nc1ccc(C)nc1C. The number of pyridine rings is 1. The second kappa shape index (κ2) is 5.74. The number of aryl methyl sites for hydroxylation is 2. The Hall–Kier alpha value is -1.05. The minimum atomic E-state index is 0.535. The van der Waals surface area contributed by atoms with E-state index in [-0.39, 0.29) is 0 Å². The zero-order chi connectivity index (χ0) is 11.3. The summed E-state index contributed by atoms with van der Waals surface area (Å²) in [5, 5.41) is 3.51. The largest absolute Gasteiger partial charge is 0.381 e.